The molecule has 2 aliphatic heterocycles. The van der Waals surface area contributed by atoms with E-state index in [9.17, 15) is 35.9 Å². The van der Waals surface area contributed by atoms with Gasteiger partial charge in [0.05, 0.1) is 30.5 Å². The Morgan fingerprint density at radius 3 is 2.33 bits per heavy atom. The van der Waals surface area contributed by atoms with Gasteiger partial charge in [-0.1, -0.05) is 12.7 Å². The Hall–Kier alpha value is -4.25. The van der Waals surface area contributed by atoms with Gasteiger partial charge in [-0.2, -0.15) is 26.3 Å². The predicted molar refractivity (Wildman–Crippen MR) is 190 cm³/mol. The van der Waals surface area contributed by atoms with E-state index < -0.39 is 57.7 Å². The van der Waals surface area contributed by atoms with E-state index in [4.69, 9.17) is 18.9 Å². The number of piperidine rings is 1. The van der Waals surface area contributed by atoms with Crippen molar-refractivity contribution in [3.05, 3.63) is 76.5 Å². The first-order chi connectivity index (χ1) is 25.6. The van der Waals surface area contributed by atoms with Crippen LogP contribution in [0.25, 0.3) is 0 Å². The molecule has 2 saturated heterocycles. The summed E-state index contributed by atoms with van der Waals surface area (Å²) in [5.74, 6) is -1.92. The lowest BCUT2D eigenvalue weighted by Gasteiger charge is -2.49. The number of amides is 2. The molecule has 2 aromatic heterocycles. The molecule has 2 unspecified atom stereocenters. The Morgan fingerprint density at radius 1 is 1.02 bits per heavy atom. The number of unbranched alkanes of at least 4 members (excludes halogenated alkanes) is 2. The second-order valence-electron chi connectivity index (χ2n) is 12.9. The quantitative estimate of drug-likeness (QED) is 0.0566. The third-order valence-electron chi connectivity index (χ3n) is 9.47. The maximum Gasteiger partial charge on any atom is 0.425 e. The van der Waals surface area contributed by atoms with Crippen molar-refractivity contribution in [3.8, 4) is 11.6 Å². The molecule has 4 rings (SSSR count). The molecule has 298 valence electrons. The number of methoxy groups -OCH3 is 1. The van der Waals surface area contributed by atoms with Crippen LogP contribution in [-0.2, 0) is 26.6 Å². The first kappa shape index (κ1) is 42.5. The molecule has 2 aromatic rings. The van der Waals surface area contributed by atoms with Crippen LogP contribution in [0.3, 0.4) is 0 Å². The van der Waals surface area contributed by atoms with Crippen LogP contribution in [0.5, 0.6) is 11.6 Å². The van der Waals surface area contributed by atoms with E-state index >= 15 is 0 Å². The zero-order valence-corrected chi connectivity index (χ0v) is 31.4. The lowest BCUT2D eigenvalue weighted by molar-refractivity contribution is -0.159. The number of ether oxygens (including phenoxy) is 4. The lowest BCUT2D eigenvalue weighted by atomic mass is 9.82. The molecular weight excluding hydrogens is 742 g/mol. The van der Waals surface area contributed by atoms with Crippen molar-refractivity contribution in [2.75, 3.05) is 59.7 Å². The third kappa shape index (κ3) is 9.88. The summed E-state index contributed by atoms with van der Waals surface area (Å²) in [6, 6.07) is 0.228. The second kappa shape index (κ2) is 18.4. The maximum atomic E-state index is 14.7. The molecule has 54 heavy (non-hydrogen) atoms. The molecular formula is C37H46F6N4O6S. The molecule has 0 bridgehead atoms. The number of carbonyl (C=O) groups is 2. The van der Waals surface area contributed by atoms with Crippen LogP contribution >= 0.6 is 11.3 Å². The summed E-state index contributed by atoms with van der Waals surface area (Å²) in [5.41, 5.74) is -3.26. The molecule has 0 aliphatic carbocycles. The predicted octanol–water partition coefficient (Wildman–Crippen LogP) is 7.58. The van der Waals surface area contributed by atoms with Crippen molar-refractivity contribution in [1.82, 2.24) is 19.7 Å². The molecule has 10 nitrogen and oxygen atoms in total. The van der Waals surface area contributed by atoms with Gasteiger partial charge in [0.15, 0.2) is 0 Å². The Bertz CT molecular complexity index is 1660. The molecule has 2 atom stereocenters. The van der Waals surface area contributed by atoms with E-state index in [-0.39, 0.29) is 44.8 Å². The largest absolute Gasteiger partial charge is 0.489 e. The number of allylic oxidation sites excluding steroid dienone is 3. The molecule has 2 fully saturated rings. The fourth-order valence-corrected chi connectivity index (χ4v) is 7.23. The smallest absolute Gasteiger partial charge is 0.425 e. The Labute approximate surface area is 315 Å². The highest BCUT2D eigenvalue weighted by atomic mass is 32.1. The minimum atomic E-state index is -4.96. The summed E-state index contributed by atoms with van der Waals surface area (Å²) < 4.78 is 107. The maximum absolute atomic E-state index is 14.7. The molecule has 2 aliphatic rings. The molecule has 0 spiro atoms. The highest BCUT2D eigenvalue weighted by Gasteiger charge is 2.55. The number of nitrogens with zero attached hydrogens (tertiary/aromatic N) is 4. The van der Waals surface area contributed by atoms with Crippen molar-refractivity contribution in [2.24, 2.45) is 0 Å². The van der Waals surface area contributed by atoms with Crippen molar-refractivity contribution < 1.29 is 54.9 Å². The molecule has 2 amide bonds. The number of carbonyl (C=O) groups excluding carboxylic acids is 2. The van der Waals surface area contributed by atoms with Gasteiger partial charge in [-0.3, -0.25) is 9.59 Å². The van der Waals surface area contributed by atoms with Crippen molar-refractivity contribution >= 4 is 23.2 Å². The van der Waals surface area contributed by atoms with Gasteiger partial charge in [0, 0.05) is 63.9 Å². The summed E-state index contributed by atoms with van der Waals surface area (Å²) in [6.45, 7) is 12.4. The molecule has 17 heteroatoms. The monoisotopic (exact) mass is 788 g/mol. The van der Waals surface area contributed by atoms with Crippen LogP contribution in [0.2, 0.25) is 0 Å². The summed E-state index contributed by atoms with van der Waals surface area (Å²) in [7, 11) is 1.55. The van der Waals surface area contributed by atoms with E-state index in [1.54, 1.807) is 19.3 Å². The zero-order chi connectivity index (χ0) is 39.7. The first-order valence-corrected chi connectivity index (χ1v) is 18.4. The van der Waals surface area contributed by atoms with Crippen LogP contribution in [-0.4, -0.2) is 103 Å². The van der Waals surface area contributed by atoms with E-state index in [0.29, 0.717) is 68.7 Å². The Balaban J connectivity index is 1.69. The number of aromatic nitrogens is 1. The van der Waals surface area contributed by atoms with Crippen LogP contribution in [0.1, 0.15) is 66.8 Å². The number of piperazine rings is 1. The van der Waals surface area contributed by atoms with Crippen LogP contribution in [0, 0.1) is 0 Å². The molecule has 4 heterocycles. The molecule has 0 N–H and O–H groups in total. The molecule has 0 aromatic carbocycles. The number of thiophene rings is 1. The van der Waals surface area contributed by atoms with E-state index in [2.05, 4.69) is 18.1 Å². The fraction of sp³-hybridized carbons (Fsp3) is 0.541. The zero-order valence-electron chi connectivity index (χ0n) is 30.6. The standard InChI is InChI=1S/C37H46F6N4O6S/c1-6-8-9-10-20-52-32-31(28(12-14-44-32)36(38,39)40)33(48)47-15-11-13-35(26(47)4,53-27-23-30(54-24-27)37(41,42)43)34(49)46-18-16-45(17-19-46)25(3)29(7-2)51-22-21-50-5/h6-7,12,14,23-24,26H,1-2,8-11,13,15-22H2,3-5H3. The van der Waals surface area contributed by atoms with Crippen molar-refractivity contribution in [3.63, 3.8) is 0 Å². The van der Waals surface area contributed by atoms with E-state index in [0.717, 1.165) is 28.2 Å². The second-order valence-corrected chi connectivity index (χ2v) is 13.8. The number of rotatable bonds is 16. The normalized spacial score (nSPS) is 19.9. The number of pyridine rings is 1. The highest BCUT2D eigenvalue weighted by molar-refractivity contribution is 7.10. The minimum Gasteiger partial charge on any atom is -0.489 e. The van der Waals surface area contributed by atoms with Gasteiger partial charge in [-0.15, -0.1) is 17.9 Å². The molecule has 0 saturated carbocycles. The van der Waals surface area contributed by atoms with Crippen LogP contribution < -0.4 is 9.47 Å². The summed E-state index contributed by atoms with van der Waals surface area (Å²) in [6.07, 6.45) is -3.62. The summed E-state index contributed by atoms with van der Waals surface area (Å²) >= 11 is 0.380. The van der Waals surface area contributed by atoms with Crippen LogP contribution in [0.4, 0.5) is 26.3 Å². The number of hydrogen-bond acceptors (Lipinski definition) is 9. The van der Waals surface area contributed by atoms with E-state index in [1.165, 1.54) is 11.8 Å². The van der Waals surface area contributed by atoms with Gasteiger partial charge in [0.2, 0.25) is 11.5 Å². The van der Waals surface area contributed by atoms with Crippen molar-refractivity contribution in [1.29, 1.82) is 0 Å². The van der Waals surface area contributed by atoms with Gasteiger partial charge in [0.1, 0.15) is 28.6 Å². The Morgan fingerprint density at radius 2 is 1.72 bits per heavy atom. The van der Waals surface area contributed by atoms with E-state index in [1.807, 2.05) is 11.8 Å². The van der Waals surface area contributed by atoms with Gasteiger partial charge in [-0.05, 0) is 51.7 Å². The number of alkyl halides is 6. The van der Waals surface area contributed by atoms with Crippen molar-refractivity contribution in [2.45, 2.75) is 69.9 Å². The summed E-state index contributed by atoms with van der Waals surface area (Å²) in [4.78, 5) is 36.7. The van der Waals surface area contributed by atoms with Gasteiger partial charge in [-0.25, -0.2) is 4.98 Å². The minimum absolute atomic E-state index is 0.0164. The van der Waals surface area contributed by atoms with Crippen LogP contribution in [0.15, 0.2) is 60.5 Å². The van der Waals surface area contributed by atoms with Gasteiger partial charge < -0.3 is 33.6 Å². The number of hydrogen-bond donors (Lipinski definition) is 0. The average Bonchev–Trinajstić information content (AvgIpc) is 3.62. The Kier molecular flexibility index (Phi) is 14.5. The van der Waals surface area contributed by atoms with Gasteiger partial charge >= 0.3 is 12.4 Å². The molecule has 0 radical (unpaired) electrons. The fourth-order valence-electron chi connectivity index (χ4n) is 6.55. The topological polar surface area (TPSA) is 93.7 Å². The average molecular weight is 789 g/mol. The third-order valence-corrected chi connectivity index (χ3v) is 10.4. The number of halogens is 6. The first-order valence-electron chi connectivity index (χ1n) is 17.5. The van der Waals surface area contributed by atoms with Gasteiger partial charge in [0.25, 0.3) is 11.8 Å². The summed E-state index contributed by atoms with van der Waals surface area (Å²) in [5, 5.41) is 1.12. The number of likely N-dealkylation sites (tertiary alicyclic amines) is 1. The lowest BCUT2D eigenvalue weighted by Crippen LogP contribution is -2.68. The SMILES string of the molecule is C=CCCCCOc1nccc(C(F)(F)F)c1C(=O)N1CCCC(Oc2csc(C(F)(F)F)c2)(C(=O)N2CCN(C(C)=C(C=C)OCCOC)CC2)C1C. The highest BCUT2D eigenvalue weighted by Crippen LogP contribution is 2.42.